The summed E-state index contributed by atoms with van der Waals surface area (Å²) in [5.41, 5.74) is 5.46. The molecule has 1 aromatic rings. The molecule has 0 radical (unpaired) electrons. The molecule has 2 aliphatic carbocycles. The second-order valence-corrected chi connectivity index (χ2v) is 10.2. The largest absolute Gasteiger partial charge is 0.377 e. The maximum atomic E-state index is 12.9. The van der Waals surface area contributed by atoms with Gasteiger partial charge in [0.15, 0.2) is 0 Å². The topological polar surface area (TPSA) is 45.7 Å². The maximum Gasteiger partial charge on any atom is 0.256 e. The van der Waals surface area contributed by atoms with E-state index in [9.17, 15) is 4.79 Å². The lowest BCUT2D eigenvalue weighted by atomic mass is 10.0. The minimum atomic E-state index is 0.104. The summed E-state index contributed by atoms with van der Waals surface area (Å²) in [6.07, 6.45) is 5.34. The quantitative estimate of drug-likeness (QED) is 0.683. The van der Waals surface area contributed by atoms with Crippen LogP contribution < -0.4 is 4.90 Å². The number of ether oxygens (including phenoxy) is 1. The molecule has 1 aromatic heterocycles. The molecule has 2 aliphatic heterocycles. The number of fused-ring (bicyclic) bond motifs is 2. The van der Waals surface area contributed by atoms with Crippen molar-refractivity contribution in [1.82, 2.24) is 9.88 Å². The minimum Gasteiger partial charge on any atom is -0.377 e. The molecule has 0 N–H and O–H groups in total. The summed E-state index contributed by atoms with van der Waals surface area (Å²) in [4.78, 5) is 22.3. The van der Waals surface area contributed by atoms with E-state index in [0.717, 1.165) is 53.3 Å². The van der Waals surface area contributed by atoms with Crippen molar-refractivity contribution in [3.05, 3.63) is 34.5 Å². The summed E-state index contributed by atoms with van der Waals surface area (Å²) in [6, 6.07) is 0.549. The summed E-state index contributed by atoms with van der Waals surface area (Å²) in [5.74, 6) is 1.83. The van der Waals surface area contributed by atoms with Crippen LogP contribution in [-0.2, 0) is 11.3 Å². The van der Waals surface area contributed by atoms with E-state index < -0.39 is 0 Å². The second-order valence-electron chi connectivity index (χ2n) is 10.2. The van der Waals surface area contributed by atoms with Crippen LogP contribution in [0.15, 0.2) is 12.2 Å². The van der Waals surface area contributed by atoms with Gasteiger partial charge in [-0.3, -0.25) is 4.79 Å². The standard InChI is InChI=1S/C24H33N3O2/c1-14(2)11-26-12-18-21(23(26)28)15(3)16(4)22(25-18)27-9-6-20(17-10-19(17)27)29-13-24(5)7-8-24/h17,19-20H,1,6-13H2,2-5H3. The summed E-state index contributed by atoms with van der Waals surface area (Å²) >= 11 is 0. The molecule has 2 saturated carbocycles. The normalized spacial score (nSPS) is 29.0. The summed E-state index contributed by atoms with van der Waals surface area (Å²) in [7, 11) is 0. The van der Waals surface area contributed by atoms with Crippen LogP contribution >= 0.6 is 0 Å². The van der Waals surface area contributed by atoms with Crippen LogP contribution in [-0.4, -0.2) is 47.6 Å². The van der Waals surface area contributed by atoms with E-state index in [1.165, 1.54) is 19.3 Å². The van der Waals surface area contributed by atoms with Gasteiger partial charge in [-0.05, 0) is 63.0 Å². The molecule has 3 unspecified atom stereocenters. The van der Waals surface area contributed by atoms with Gasteiger partial charge in [0.05, 0.1) is 30.5 Å². The van der Waals surface area contributed by atoms with Gasteiger partial charge in [-0.1, -0.05) is 19.1 Å². The van der Waals surface area contributed by atoms with Crippen molar-refractivity contribution in [2.75, 3.05) is 24.6 Å². The first-order valence-electron chi connectivity index (χ1n) is 11.1. The van der Waals surface area contributed by atoms with E-state index in [-0.39, 0.29) is 5.91 Å². The number of aromatic nitrogens is 1. The Hall–Kier alpha value is -1.88. The van der Waals surface area contributed by atoms with Crippen molar-refractivity contribution < 1.29 is 9.53 Å². The van der Waals surface area contributed by atoms with Crippen molar-refractivity contribution >= 4 is 11.7 Å². The van der Waals surface area contributed by atoms with Crippen LogP contribution in [0.3, 0.4) is 0 Å². The zero-order valence-corrected chi connectivity index (χ0v) is 18.3. The molecule has 0 bridgehead atoms. The summed E-state index contributed by atoms with van der Waals surface area (Å²) < 4.78 is 6.33. The van der Waals surface area contributed by atoms with E-state index in [1.807, 2.05) is 11.8 Å². The molecule has 3 heterocycles. The number of hydrogen-bond acceptors (Lipinski definition) is 4. The number of nitrogens with zero attached hydrogens (tertiary/aromatic N) is 3. The van der Waals surface area contributed by atoms with Gasteiger partial charge < -0.3 is 14.5 Å². The Morgan fingerprint density at radius 3 is 2.76 bits per heavy atom. The Balaban J connectivity index is 1.34. The lowest BCUT2D eigenvalue weighted by Crippen LogP contribution is -2.40. The highest BCUT2D eigenvalue weighted by atomic mass is 16.5. The SMILES string of the molecule is C=C(C)CN1Cc2nc(N3CCC(OCC4(C)CC4)C4CC43)c(C)c(C)c2C1=O. The van der Waals surface area contributed by atoms with Crippen LogP contribution in [0.5, 0.6) is 0 Å². The monoisotopic (exact) mass is 395 g/mol. The van der Waals surface area contributed by atoms with E-state index in [4.69, 9.17) is 9.72 Å². The zero-order valence-electron chi connectivity index (χ0n) is 18.3. The van der Waals surface area contributed by atoms with Crippen LogP contribution in [0.4, 0.5) is 5.82 Å². The third kappa shape index (κ3) is 3.27. The van der Waals surface area contributed by atoms with Gasteiger partial charge in [-0.15, -0.1) is 0 Å². The third-order valence-electron chi connectivity index (χ3n) is 7.46. The van der Waals surface area contributed by atoms with Gasteiger partial charge in [0.2, 0.25) is 0 Å². The van der Waals surface area contributed by atoms with Crippen molar-refractivity contribution in [3.63, 3.8) is 0 Å². The highest BCUT2D eigenvalue weighted by Gasteiger charge is 2.52. The molecule has 5 rings (SSSR count). The van der Waals surface area contributed by atoms with Gasteiger partial charge in [-0.25, -0.2) is 4.98 Å². The average Bonchev–Trinajstić information content (AvgIpc) is 3.57. The van der Waals surface area contributed by atoms with Crippen molar-refractivity contribution in [1.29, 1.82) is 0 Å². The highest BCUT2D eigenvalue weighted by Crippen LogP contribution is 2.50. The van der Waals surface area contributed by atoms with Crippen LogP contribution in [0.1, 0.15) is 66.7 Å². The van der Waals surface area contributed by atoms with Gasteiger partial charge >= 0.3 is 0 Å². The predicted molar refractivity (Wildman–Crippen MR) is 114 cm³/mol. The van der Waals surface area contributed by atoms with Crippen LogP contribution in [0.2, 0.25) is 0 Å². The molecule has 0 aromatic carbocycles. The highest BCUT2D eigenvalue weighted by molar-refractivity contribution is 6.00. The van der Waals surface area contributed by atoms with E-state index in [1.54, 1.807) is 0 Å². The molecule has 5 heteroatoms. The fourth-order valence-corrected chi connectivity index (χ4v) is 5.12. The third-order valence-corrected chi connectivity index (χ3v) is 7.46. The van der Waals surface area contributed by atoms with Crippen LogP contribution in [0.25, 0.3) is 0 Å². The fraction of sp³-hybridized carbons (Fsp3) is 0.667. The molecular weight excluding hydrogens is 362 g/mol. The van der Waals surface area contributed by atoms with Crippen molar-refractivity contribution in [2.24, 2.45) is 11.3 Å². The summed E-state index contributed by atoms with van der Waals surface area (Å²) in [5, 5.41) is 0. The number of rotatable bonds is 6. The first-order valence-corrected chi connectivity index (χ1v) is 11.1. The second kappa shape index (κ2) is 6.56. The fourth-order valence-electron chi connectivity index (χ4n) is 5.12. The molecule has 4 aliphatic rings. The molecule has 29 heavy (non-hydrogen) atoms. The Labute approximate surface area is 174 Å². The Kier molecular flexibility index (Phi) is 4.32. The maximum absolute atomic E-state index is 12.9. The van der Waals surface area contributed by atoms with Gasteiger partial charge in [0, 0.05) is 25.0 Å². The molecule has 5 nitrogen and oxygen atoms in total. The first kappa shape index (κ1) is 19.1. The average molecular weight is 396 g/mol. The minimum absolute atomic E-state index is 0.104. The number of carbonyl (C=O) groups excluding carboxylic acids is 1. The van der Waals surface area contributed by atoms with Gasteiger partial charge in [0.1, 0.15) is 5.82 Å². The Bertz CT molecular complexity index is 889. The van der Waals surface area contributed by atoms with Gasteiger partial charge in [-0.2, -0.15) is 0 Å². The van der Waals surface area contributed by atoms with Crippen LogP contribution in [0, 0.1) is 25.2 Å². The lowest BCUT2D eigenvalue weighted by molar-refractivity contribution is 0.00311. The zero-order chi connectivity index (χ0) is 20.5. The number of pyridine rings is 1. The number of amides is 1. The number of anilines is 1. The summed E-state index contributed by atoms with van der Waals surface area (Å²) in [6.45, 7) is 15.6. The molecule has 1 amide bonds. The molecule has 3 atom stereocenters. The van der Waals surface area contributed by atoms with Gasteiger partial charge in [0.25, 0.3) is 5.91 Å². The number of piperidine rings is 1. The van der Waals surface area contributed by atoms with Crippen molar-refractivity contribution in [3.8, 4) is 0 Å². The molecule has 3 fully saturated rings. The smallest absolute Gasteiger partial charge is 0.256 e. The lowest BCUT2D eigenvalue weighted by Gasteiger charge is -2.34. The molecule has 1 saturated heterocycles. The molecule has 0 spiro atoms. The molecular formula is C24H33N3O2. The van der Waals surface area contributed by atoms with E-state index in [2.05, 4.69) is 32.3 Å². The molecule has 156 valence electrons. The van der Waals surface area contributed by atoms with Crippen molar-refractivity contribution in [2.45, 2.75) is 72.1 Å². The Morgan fingerprint density at radius 2 is 2.07 bits per heavy atom. The number of hydrogen-bond donors (Lipinski definition) is 0. The Morgan fingerprint density at radius 1 is 1.31 bits per heavy atom. The van der Waals surface area contributed by atoms with E-state index in [0.29, 0.717) is 36.6 Å². The van der Waals surface area contributed by atoms with E-state index >= 15 is 0 Å². The number of carbonyl (C=O) groups is 1. The predicted octanol–water partition coefficient (Wildman–Crippen LogP) is 4.01. The first-order chi connectivity index (χ1) is 13.8.